The highest BCUT2D eigenvalue weighted by molar-refractivity contribution is 5.68. The summed E-state index contributed by atoms with van der Waals surface area (Å²) in [5.74, 6) is -0.757. The first kappa shape index (κ1) is 25.5. The molecule has 0 unspecified atom stereocenters. The summed E-state index contributed by atoms with van der Waals surface area (Å²) in [6, 6.07) is 0. The van der Waals surface area contributed by atoms with Crippen molar-refractivity contribution in [3.8, 4) is 0 Å². The number of hydrogen-bond acceptors (Lipinski definition) is 7. The number of nitrogens with zero attached hydrogens (tertiary/aromatic N) is 1. The van der Waals surface area contributed by atoms with Gasteiger partial charge in [-0.15, -0.1) is 0 Å². The van der Waals surface area contributed by atoms with Gasteiger partial charge < -0.3 is 34.9 Å². The summed E-state index contributed by atoms with van der Waals surface area (Å²) in [7, 11) is 0. The Morgan fingerprint density at radius 2 is 1.59 bits per heavy atom. The zero-order valence-corrected chi connectivity index (χ0v) is 19.2. The second kappa shape index (κ2) is 9.95. The Bertz CT molecular complexity index is 553. The van der Waals surface area contributed by atoms with Crippen LogP contribution >= 0.6 is 0 Å². The summed E-state index contributed by atoms with van der Waals surface area (Å²) in [6.45, 7) is 15.8. The lowest BCUT2D eigenvalue weighted by molar-refractivity contribution is -0.146. The highest BCUT2D eigenvalue weighted by atomic mass is 16.8. The highest BCUT2D eigenvalue weighted by Crippen LogP contribution is 2.28. The largest absolute Gasteiger partial charge is 0.444 e. The lowest BCUT2D eigenvalue weighted by atomic mass is 10.2. The van der Waals surface area contributed by atoms with Crippen molar-refractivity contribution in [3.63, 3.8) is 0 Å². The molecule has 0 radical (unpaired) electrons. The molecule has 9 nitrogen and oxygen atoms in total. The minimum atomic E-state index is -0.757. The van der Waals surface area contributed by atoms with Crippen LogP contribution in [0.4, 0.5) is 9.59 Å². The van der Waals surface area contributed by atoms with Gasteiger partial charge in [-0.3, -0.25) is 0 Å². The first-order valence-electron chi connectivity index (χ1n) is 10.1. The molecule has 2 amide bonds. The predicted molar refractivity (Wildman–Crippen MR) is 110 cm³/mol. The van der Waals surface area contributed by atoms with Gasteiger partial charge in [0.1, 0.15) is 23.4 Å². The Kier molecular flexibility index (Phi) is 8.74. The molecule has 2 atom stereocenters. The average Bonchev–Trinajstić information content (AvgIpc) is 2.80. The van der Waals surface area contributed by atoms with E-state index in [1.54, 1.807) is 25.7 Å². The summed E-state index contributed by atoms with van der Waals surface area (Å²) in [5.41, 5.74) is 4.62. The van der Waals surface area contributed by atoms with Crippen molar-refractivity contribution in [2.45, 2.75) is 91.0 Å². The Morgan fingerprint density at radius 1 is 1.03 bits per heavy atom. The second-order valence-corrected chi connectivity index (χ2v) is 9.66. The summed E-state index contributed by atoms with van der Waals surface area (Å²) >= 11 is 0. The number of amides is 2. The van der Waals surface area contributed by atoms with Crippen molar-refractivity contribution in [2.24, 2.45) is 5.73 Å². The van der Waals surface area contributed by atoms with Crippen molar-refractivity contribution in [1.29, 1.82) is 0 Å². The molecule has 1 aliphatic heterocycles. The van der Waals surface area contributed by atoms with Crippen LogP contribution in [0.2, 0.25) is 0 Å². The van der Waals surface area contributed by atoms with E-state index in [9.17, 15) is 9.59 Å². The Balaban J connectivity index is 2.67. The molecular formula is C20H39N3O6. The van der Waals surface area contributed by atoms with Gasteiger partial charge in [0.2, 0.25) is 0 Å². The molecule has 9 heteroatoms. The van der Waals surface area contributed by atoms with E-state index in [-0.39, 0.29) is 25.3 Å². The van der Waals surface area contributed by atoms with E-state index in [4.69, 9.17) is 24.7 Å². The molecule has 0 aromatic heterocycles. The summed E-state index contributed by atoms with van der Waals surface area (Å²) in [6.07, 6.45) is -1.07. The third-order valence-electron chi connectivity index (χ3n) is 3.84. The molecule has 0 spiro atoms. The van der Waals surface area contributed by atoms with E-state index in [0.717, 1.165) is 0 Å². The maximum absolute atomic E-state index is 12.7. The van der Waals surface area contributed by atoms with Crippen LogP contribution < -0.4 is 11.1 Å². The number of nitrogens with two attached hydrogens (primary N) is 1. The first-order valence-corrected chi connectivity index (χ1v) is 10.1. The molecule has 0 bridgehead atoms. The van der Waals surface area contributed by atoms with Gasteiger partial charge in [0.05, 0.1) is 6.54 Å². The number of carbonyl (C=O) groups is 2. The van der Waals surface area contributed by atoms with Crippen LogP contribution in [0.1, 0.15) is 61.8 Å². The average molecular weight is 418 g/mol. The molecule has 1 rings (SSSR count). The monoisotopic (exact) mass is 417 g/mol. The molecule has 3 N–H and O–H groups in total. The lowest BCUT2D eigenvalue weighted by Gasteiger charge is -2.30. The molecule has 29 heavy (non-hydrogen) atoms. The van der Waals surface area contributed by atoms with Crippen molar-refractivity contribution in [1.82, 2.24) is 10.2 Å². The Labute approximate surface area is 174 Å². The highest BCUT2D eigenvalue weighted by Gasteiger charge is 2.42. The molecular weight excluding hydrogens is 378 g/mol. The predicted octanol–water partition coefficient (Wildman–Crippen LogP) is 2.62. The number of carbonyl (C=O) groups excluding carboxylic acids is 2. The first-order chi connectivity index (χ1) is 13.1. The van der Waals surface area contributed by atoms with E-state index in [0.29, 0.717) is 19.5 Å². The van der Waals surface area contributed by atoms with Gasteiger partial charge >= 0.3 is 12.2 Å². The van der Waals surface area contributed by atoms with Gasteiger partial charge in [-0.05, 0) is 61.8 Å². The van der Waals surface area contributed by atoms with Crippen molar-refractivity contribution < 1.29 is 28.5 Å². The van der Waals surface area contributed by atoms with Crippen LogP contribution in [0, 0.1) is 0 Å². The van der Waals surface area contributed by atoms with Crippen molar-refractivity contribution >= 4 is 12.2 Å². The van der Waals surface area contributed by atoms with Crippen LogP contribution in [0.3, 0.4) is 0 Å². The zero-order chi connectivity index (χ0) is 22.5. The van der Waals surface area contributed by atoms with Gasteiger partial charge in [0.15, 0.2) is 5.79 Å². The summed E-state index contributed by atoms with van der Waals surface area (Å²) in [5, 5.41) is 2.69. The number of rotatable bonds is 7. The number of hydrogen-bond donors (Lipinski definition) is 2. The van der Waals surface area contributed by atoms with Gasteiger partial charge in [-0.25, -0.2) is 9.59 Å². The molecule has 1 fully saturated rings. The number of nitrogens with one attached hydrogen (secondary N) is 1. The van der Waals surface area contributed by atoms with E-state index >= 15 is 0 Å². The normalized spacial score (nSPS) is 21.6. The van der Waals surface area contributed by atoms with E-state index in [1.807, 2.05) is 34.6 Å². The summed E-state index contributed by atoms with van der Waals surface area (Å²) < 4.78 is 22.5. The second-order valence-electron chi connectivity index (χ2n) is 9.66. The molecule has 170 valence electrons. The fourth-order valence-electron chi connectivity index (χ4n) is 2.84. The number of ether oxygens (including phenoxy) is 4. The molecule has 1 heterocycles. The quantitative estimate of drug-likeness (QED) is 0.612. The Morgan fingerprint density at radius 3 is 2.10 bits per heavy atom. The van der Waals surface area contributed by atoms with Gasteiger partial charge in [0, 0.05) is 19.6 Å². The van der Waals surface area contributed by atoms with Gasteiger partial charge in [-0.1, -0.05) is 0 Å². The topological polar surface area (TPSA) is 112 Å². The van der Waals surface area contributed by atoms with Crippen LogP contribution in [-0.4, -0.2) is 72.5 Å². The van der Waals surface area contributed by atoms with Crippen LogP contribution in [-0.2, 0) is 18.9 Å². The molecule has 0 saturated carbocycles. The van der Waals surface area contributed by atoms with Crippen LogP contribution in [0.25, 0.3) is 0 Å². The number of alkyl carbamates (subject to hydrolysis) is 1. The minimum absolute atomic E-state index is 0.284. The Hall–Kier alpha value is -1.58. The van der Waals surface area contributed by atoms with Crippen molar-refractivity contribution in [2.75, 3.05) is 26.2 Å². The van der Waals surface area contributed by atoms with Crippen LogP contribution in [0.5, 0.6) is 0 Å². The van der Waals surface area contributed by atoms with E-state index < -0.39 is 29.2 Å². The maximum atomic E-state index is 12.7. The van der Waals surface area contributed by atoms with E-state index in [2.05, 4.69) is 5.32 Å². The maximum Gasteiger partial charge on any atom is 0.410 e. The third kappa shape index (κ3) is 10.1. The molecule has 0 aliphatic carbocycles. The SMILES string of the molecule is CC(C)(C)OC(=O)NCCCN(C[C@@H]1OC(C)(C)O[C@@H]1CN)C(=O)OC(C)(C)C. The molecule has 0 aromatic carbocycles. The van der Waals surface area contributed by atoms with E-state index in [1.165, 1.54) is 0 Å². The molecule has 1 saturated heterocycles. The van der Waals surface area contributed by atoms with Gasteiger partial charge in [0.25, 0.3) is 0 Å². The fraction of sp³-hybridized carbons (Fsp3) is 0.900. The molecule has 0 aromatic rings. The summed E-state index contributed by atoms with van der Waals surface area (Å²) in [4.78, 5) is 26.0. The smallest absolute Gasteiger partial charge is 0.410 e. The standard InChI is InChI=1S/C20H39N3O6/c1-18(2,3)28-16(24)22-10-9-11-23(17(25)29-19(4,5)6)13-15-14(12-21)26-20(7,8)27-15/h14-15H,9-13,21H2,1-8H3,(H,22,24)/t14-,15+/m1/s1. The third-order valence-corrected chi connectivity index (χ3v) is 3.84. The van der Waals surface area contributed by atoms with Crippen molar-refractivity contribution in [3.05, 3.63) is 0 Å². The zero-order valence-electron chi connectivity index (χ0n) is 19.2. The van der Waals surface area contributed by atoms with Gasteiger partial charge in [-0.2, -0.15) is 0 Å². The lowest BCUT2D eigenvalue weighted by Crippen LogP contribution is -2.46. The minimum Gasteiger partial charge on any atom is -0.444 e. The molecule has 1 aliphatic rings. The van der Waals surface area contributed by atoms with Crippen LogP contribution in [0.15, 0.2) is 0 Å². The fourth-order valence-corrected chi connectivity index (χ4v) is 2.84.